The van der Waals surface area contributed by atoms with Crippen LogP contribution in [-0.2, 0) is 22.4 Å². The second-order valence-corrected chi connectivity index (χ2v) is 11.5. The van der Waals surface area contributed by atoms with Crippen molar-refractivity contribution >= 4 is 27.7 Å². The molecule has 2 atom stereocenters. The van der Waals surface area contributed by atoms with Crippen molar-refractivity contribution in [2.24, 2.45) is 4.99 Å². The lowest BCUT2D eigenvalue weighted by molar-refractivity contribution is -0.128. The van der Waals surface area contributed by atoms with Crippen LogP contribution >= 0.6 is 15.9 Å². The maximum Gasteiger partial charge on any atom is 0.252 e. The average molecular weight is 658 g/mol. The third kappa shape index (κ3) is 7.49. The molecule has 1 heterocycles. The molecule has 0 spiro atoms. The molecule has 4 aromatic rings. The van der Waals surface area contributed by atoms with E-state index in [4.69, 9.17) is 24.3 Å². The Hall–Kier alpha value is -4.14. The van der Waals surface area contributed by atoms with E-state index in [0.717, 1.165) is 34.0 Å². The zero-order valence-electron chi connectivity index (χ0n) is 24.7. The summed E-state index contributed by atoms with van der Waals surface area (Å²) in [6.45, 7) is 0.994. The van der Waals surface area contributed by atoms with Gasteiger partial charge in [0.2, 0.25) is 5.90 Å². The number of methoxy groups -OCH3 is 1. The lowest BCUT2D eigenvalue weighted by Crippen LogP contribution is -2.50. The maximum atomic E-state index is 14.4. The van der Waals surface area contributed by atoms with Crippen molar-refractivity contribution in [2.45, 2.75) is 37.3 Å². The summed E-state index contributed by atoms with van der Waals surface area (Å²) in [5, 5.41) is 12.3. The quantitative estimate of drug-likeness (QED) is 0.152. The molecule has 7 nitrogen and oxygen atoms in total. The maximum absolute atomic E-state index is 14.4. The van der Waals surface area contributed by atoms with Gasteiger partial charge >= 0.3 is 0 Å². The van der Waals surface area contributed by atoms with E-state index < -0.39 is 11.6 Å². The van der Waals surface area contributed by atoms with Crippen LogP contribution < -0.4 is 14.8 Å². The monoisotopic (exact) mass is 656 g/mol. The minimum Gasteiger partial charge on any atom is -0.497 e. The lowest BCUT2D eigenvalue weighted by atomic mass is 9.82. The summed E-state index contributed by atoms with van der Waals surface area (Å²) < 4.78 is 18.8. The van der Waals surface area contributed by atoms with Crippen LogP contribution in [0.5, 0.6) is 11.5 Å². The number of halogens is 1. The third-order valence-electron chi connectivity index (χ3n) is 7.61. The Kier molecular flexibility index (Phi) is 10.7. The van der Waals surface area contributed by atoms with E-state index >= 15 is 0 Å². The lowest BCUT2D eigenvalue weighted by Gasteiger charge is -2.31. The predicted molar refractivity (Wildman–Crippen MR) is 175 cm³/mol. The van der Waals surface area contributed by atoms with Crippen LogP contribution in [0.4, 0.5) is 0 Å². The number of aryl methyl sites for hydroxylation is 1. The van der Waals surface area contributed by atoms with Crippen molar-refractivity contribution in [3.05, 3.63) is 130 Å². The number of nitrogens with one attached hydrogen (secondary N) is 1. The van der Waals surface area contributed by atoms with Gasteiger partial charge in [-0.15, -0.1) is 0 Å². The number of aliphatic hydroxyl groups is 1. The number of nitrogens with zero attached hydrogens (tertiary/aromatic N) is 1. The average Bonchev–Trinajstić information content (AvgIpc) is 3.45. The van der Waals surface area contributed by atoms with Crippen molar-refractivity contribution in [1.29, 1.82) is 0 Å². The molecule has 0 aliphatic carbocycles. The molecule has 4 aromatic carbocycles. The topological polar surface area (TPSA) is 89.4 Å². The van der Waals surface area contributed by atoms with Gasteiger partial charge in [-0.05, 0) is 72.0 Å². The Balaban J connectivity index is 1.50. The van der Waals surface area contributed by atoms with E-state index in [1.807, 2.05) is 91.0 Å². The highest BCUT2D eigenvalue weighted by Gasteiger charge is 2.53. The Morgan fingerprint density at radius 1 is 0.955 bits per heavy atom. The second kappa shape index (κ2) is 15.0. The van der Waals surface area contributed by atoms with Crippen LogP contribution in [0.25, 0.3) is 0 Å². The minimum absolute atomic E-state index is 0.0717. The summed E-state index contributed by atoms with van der Waals surface area (Å²) in [7, 11) is 1.62. The van der Waals surface area contributed by atoms with E-state index in [2.05, 4.69) is 33.4 Å². The van der Waals surface area contributed by atoms with Crippen molar-refractivity contribution in [3.63, 3.8) is 0 Å². The molecule has 0 radical (unpaired) electrons. The number of aliphatic hydroxyl groups excluding tert-OH is 1. The molecule has 1 aliphatic rings. The first-order chi connectivity index (χ1) is 21.5. The van der Waals surface area contributed by atoms with E-state index in [0.29, 0.717) is 43.4 Å². The first-order valence-corrected chi connectivity index (χ1v) is 15.6. The number of benzene rings is 4. The fraction of sp³-hybridized carbons (Fsp3) is 0.278. The molecule has 0 bridgehead atoms. The Labute approximate surface area is 267 Å². The van der Waals surface area contributed by atoms with Gasteiger partial charge in [0.1, 0.15) is 11.5 Å². The number of ether oxygens (including phenoxy) is 3. The summed E-state index contributed by atoms with van der Waals surface area (Å²) >= 11 is 3.69. The largest absolute Gasteiger partial charge is 0.497 e. The molecule has 2 N–H and O–H groups in total. The van der Waals surface area contributed by atoms with Crippen molar-refractivity contribution in [3.8, 4) is 11.5 Å². The molecule has 228 valence electrons. The second-order valence-electron chi connectivity index (χ2n) is 10.7. The smallest absolute Gasteiger partial charge is 0.252 e. The van der Waals surface area contributed by atoms with Crippen LogP contribution in [0.1, 0.15) is 41.2 Å². The standard InChI is InChI=1S/C36H37BrN2O5/c1-42-31-15-7-14-28(24-31)33-36(25-29-13-5-6-16-32(29)37,35(41)38-21-8-12-26-10-3-2-4-11-26)39-34(44-33)27-17-19-30(20-18-27)43-23-9-22-40/h2-7,10-11,13-20,24,33,40H,8-9,12,21-23,25H2,1H3,(H,38,41)/t33-,36-/m1/s1. The number of amides is 1. The fourth-order valence-electron chi connectivity index (χ4n) is 5.31. The molecule has 0 saturated carbocycles. The van der Waals surface area contributed by atoms with E-state index in [-0.39, 0.29) is 12.5 Å². The summed E-state index contributed by atoms with van der Waals surface area (Å²) in [4.78, 5) is 19.6. The molecule has 5 rings (SSSR count). The molecule has 0 saturated heterocycles. The third-order valence-corrected chi connectivity index (χ3v) is 8.39. The predicted octanol–water partition coefficient (Wildman–Crippen LogP) is 6.47. The number of hydrogen-bond donors (Lipinski definition) is 2. The zero-order chi connectivity index (χ0) is 30.8. The number of rotatable bonds is 14. The number of carbonyl (C=O) groups excluding carboxylic acids is 1. The van der Waals surface area contributed by atoms with Crippen LogP contribution in [-0.4, -0.2) is 49.3 Å². The molecule has 1 amide bonds. The SMILES string of the molecule is COc1cccc([C@H]2OC(c3ccc(OCCCO)cc3)=N[C@@]2(Cc2ccccc2Br)C(=O)NCCCc2ccccc2)c1. The van der Waals surface area contributed by atoms with Gasteiger partial charge in [0, 0.05) is 36.0 Å². The molecule has 1 aliphatic heterocycles. The molecular formula is C36H37BrN2O5. The summed E-state index contributed by atoms with van der Waals surface area (Å²) in [6, 6.07) is 33.2. The van der Waals surface area contributed by atoms with Crippen molar-refractivity contribution in [2.75, 3.05) is 26.9 Å². The van der Waals surface area contributed by atoms with Gasteiger partial charge in [0.15, 0.2) is 11.6 Å². The first-order valence-electron chi connectivity index (χ1n) is 14.8. The Morgan fingerprint density at radius 2 is 1.73 bits per heavy atom. The molecular weight excluding hydrogens is 620 g/mol. The highest BCUT2D eigenvalue weighted by atomic mass is 79.9. The van der Waals surface area contributed by atoms with Crippen LogP contribution in [0.2, 0.25) is 0 Å². The van der Waals surface area contributed by atoms with Gasteiger partial charge in [-0.2, -0.15) is 0 Å². The molecule has 44 heavy (non-hydrogen) atoms. The van der Waals surface area contributed by atoms with Crippen LogP contribution in [0, 0.1) is 0 Å². The molecule has 0 fully saturated rings. The highest BCUT2D eigenvalue weighted by Crippen LogP contribution is 2.44. The fourth-order valence-corrected chi connectivity index (χ4v) is 5.74. The van der Waals surface area contributed by atoms with E-state index in [1.165, 1.54) is 5.56 Å². The normalized spacial score (nSPS) is 17.4. The van der Waals surface area contributed by atoms with Gasteiger partial charge in [0.25, 0.3) is 5.91 Å². The van der Waals surface area contributed by atoms with Crippen molar-refractivity contribution in [1.82, 2.24) is 5.32 Å². The van der Waals surface area contributed by atoms with E-state index in [9.17, 15) is 4.79 Å². The van der Waals surface area contributed by atoms with Crippen LogP contribution in [0.15, 0.2) is 113 Å². The summed E-state index contributed by atoms with van der Waals surface area (Å²) in [6.07, 6.45) is 1.80. The minimum atomic E-state index is -1.30. The summed E-state index contributed by atoms with van der Waals surface area (Å²) in [5.41, 5.74) is 2.40. The molecule has 8 heteroatoms. The van der Waals surface area contributed by atoms with Gasteiger partial charge in [-0.3, -0.25) is 4.79 Å². The molecule has 0 aromatic heterocycles. The van der Waals surface area contributed by atoms with Gasteiger partial charge in [-0.1, -0.05) is 76.6 Å². The number of aliphatic imine (C=N–C) groups is 1. The number of hydrogen-bond acceptors (Lipinski definition) is 6. The zero-order valence-corrected chi connectivity index (χ0v) is 26.3. The Morgan fingerprint density at radius 3 is 2.48 bits per heavy atom. The Bertz CT molecular complexity index is 1560. The summed E-state index contributed by atoms with van der Waals surface area (Å²) in [5.74, 6) is 1.53. The highest BCUT2D eigenvalue weighted by molar-refractivity contribution is 9.10. The van der Waals surface area contributed by atoms with E-state index in [1.54, 1.807) is 7.11 Å². The van der Waals surface area contributed by atoms with Gasteiger partial charge in [0.05, 0.1) is 13.7 Å². The first kappa shape index (κ1) is 31.3. The van der Waals surface area contributed by atoms with Crippen LogP contribution in [0.3, 0.4) is 0 Å². The van der Waals surface area contributed by atoms with Crippen molar-refractivity contribution < 1.29 is 24.1 Å². The van der Waals surface area contributed by atoms with Gasteiger partial charge in [-0.25, -0.2) is 4.99 Å². The molecule has 0 unspecified atom stereocenters. The number of carbonyl (C=O) groups is 1. The van der Waals surface area contributed by atoms with Gasteiger partial charge < -0.3 is 24.6 Å².